The predicted molar refractivity (Wildman–Crippen MR) is 94.2 cm³/mol. The predicted octanol–water partition coefficient (Wildman–Crippen LogP) is 3.68. The summed E-state index contributed by atoms with van der Waals surface area (Å²) in [6.45, 7) is 2.26. The Morgan fingerprint density at radius 2 is 1.92 bits per heavy atom. The lowest BCUT2D eigenvalue weighted by atomic mass is 10.0. The average molecular weight is 318 g/mol. The van der Waals surface area contributed by atoms with Crippen LogP contribution in [0, 0.1) is 5.92 Å². The van der Waals surface area contributed by atoms with E-state index in [2.05, 4.69) is 4.98 Å². The maximum atomic E-state index is 12.6. The second-order valence-electron chi connectivity index (χ2n) is 6.45. The third-order valence-electron chi connectivity index (χ3n) is 4.57. The zero-order chi connectivity index (χ0) is 16.7. The summed E-state index contributed by atoms with van der Waals surface area (Å²) in [6, 6.07) is 15.2. The van der Waals surface area contributed by atoms with Gasteiger partial charge >= 0.3 is 5.69 Å². The number of fused-ring (bicyclic) bond motifs is 1. The Kier molecular flexibility index (Phi) is 3.53. The molecule has 1 aromatic heterocycles. The Morgan fingerprint density at radius 3 is 2.58 bits per heavy atom. The van der Waals surface area contributed by atoms with Gasteiger partial charge in [-0.3, -0.25) is 9.36 Å². The molecule has 0 aliphatic heterocycles. The normalized spacial score (nSPS) is 14.0. The van der Waals surface area contributed by atoms with Crippen LogP contribution in [-0.4, -0.2) is 15.3 Å². The van der Waals surface area contributed by atoms with Crippen molar-refractivity contribution in [3.63, 3.8) is 0 Å². The number of rotatable bonds is 4. The van der Waals surface area contributed by atoms with Crippen LogP contribution >= 0.6 is 0 Å². The van der Waals surface area contributed by atoms with Crippen LogP contribution in [0.5, 0.6) is 0 Å². The molecule has 0 N–H and O–H groups in total. The first-order valence-electron chi connectivity index (χ1n) is 8.24. The minimum absolute atomic E-state index is 0.0101. The Balaban J connectivity index is 2.02. The van der Waals surface area contributed by atoms with Gasteiger partial charge in [-0.1, -0.05) is 30.3 Å². The molecule has 0 atom stereocenters. The summed E-state index contributed by atoms with van der Waals surface area (Å²) < 4.78 is 1.75. The van der Waals surface area contributed by atoms with Gasteiger partial charge in [0.15, 0.2) is 5.78 Å². The Hall–Kier alpha value is -2.75. The molecule has 1 saturated carbocycles. The van der Waals surface area contributed by atoms with Gasteiger partial charge in [0.1, 0.15) is 0 Å². The zero-order valence-corrected chi connectivity index (χ0v) is 13.5. The minimum Gasteiger partial charge on any atom is -0.295 e. The van der Waals surface area contributed by atoms with E-state index in [1.54, 1.807) is 17.6 Å². The molecule has 1 heterocycles. The van der Waals surface area contributed by atoms with Crippen molar-refractivity contribution in [2.75, 3.05) is 0 Å². The summed E-state index contributed by atoms with van der Waals surface area (Å²) >= 11 is 0. The van der Waals surface area contributed by atoms with Gasteiger partial charge in [-0.2, -0.15) is 4.98 Å². The van der Waals surface area contributed by atoms with E-state index in [1.165, 1.54) is 12.8 Å². The van der Waals surface area contributed by atoms with Crippen LogP contribution in [-0.2, 0) is 6.54 Å². The van der Waals surface area contributed by atoms with Crippen molar-refractivity contribution < 1.29 is 4.79 Å². The summed E-state index contributed by atoms with van der Waals surface area (Å²) in [5, 5.41) is 0.856. The number of Topliss-reactive ketones (excluding diaryl/α,β-unsaturated/α-hetero) is 1. The number of carbonyl (C=O) groups excluding carboxylic acids is 1. The first-order chi connectivity index (χ1) is 11.6. The monoisotopic (exact) mass is 318 g/mol. The van der Waals surface area contributed by atoms with Crippen molar-refractivity contribution in [2.24, 2.45) is 5.92 Å². The quantitative estimate of drug-likeness (QED) is 0.690. The van der Waals surface area contributed by atoms with Crippen LogP contribution < -0.4 is 5.69 Å². The van der Waals surface area contributed by atoms with Crippen molar-refractivity contribution in [1.82, 2.24) is 9.55 Å². The Morgan fingerprint density at radius 1 is 1.17 bits per heavy atom. The molecule has 1 aliphatic carbocycles. The lowest BCUT2D eigenvalue weighted by Crippen LogP contribution is -2.25. The molecule has 2 aromatic carbocycles. The minimum atomic E-state index is -0.219. The summed E-state index contributed by atoms with van der Waals surface area (Å²) in [7, 11) is 0. The molecular weight excluding hydrogens is 300 g/mol. The van der Waals surface area contributed by atoms with Crippen molar-refractivity contribution in [1.29, 1.82) is 0 Å². The molecule has 4 rings (SSSR count). The molecule has 0 saturated heterocycles. The van der Waals surface area contributed by atoms with Gasteiger partial charge in [-0.25, -0.2) is 4.79 Å². The van der Waals surface area contributed by atoms with Gasteiger partial charge in [0.25, 0.3) is 0 Å². The highest BCUT2D eigenvalue weighted by molar-refractivity contribution is 6.01. The lowest BCUT2D eigenvalue weighted by Gasteiger charge is -2.13. The first-order valence-corrected chi connectivity index (χ1v) is 8.24. The molecule has 0 radical (unpaired) electrons. The summed E-state index contributed by atoms with van der Waals surface area (Å²) in [5.74, 6) is 0.582. The van der Waals surface area contributed by atoms with Gasteiger partial charge < -0.3 is 0 Å². The highest BCUT2D eigenvalue weighted by atomic mass is 16.1. The van der Waals surface area contributed by atoms with Crippen LogP contribution in [0.25, 0.3) is 22.2 Å². The molecule has 0 amide bonds. The van der Waals surface area contributed by atoms with Gasteiger partial charge in [-0.05, 0) is 43.9 Å². The molecule has 1 fully saturated rings. The first kappa shape index (κ1) is 14.8. The van der Waals surface area contributed by atoms with Gasteiger partial charge in [0, 0.05) is 23.1 Å². The third kappa shape index (κ3) is 2.64. The average Bonchev–Trinajstić information content (AvgIpc) is 3.41. The van der Waals surface area contributed by atoms with Crippen LogP contribution in [0.2, 0.25) is 0 Å². The van der Waals surface area contributed by atoms with Gasteiger partial charge in [0.05, 0.1) is 11.2 Å². The lowest BCUT2D eigenvalue weighted by molar-refractivity contribution is 0.101. The number of hydrogen-bond acceptors (Lipinski definition) is 3. The molecule has 1 aliphatic rings. The summed E-state index contributed by atoms with van der Waals surface area (Å²) in [4.78, 5) is 28.7. The highest BCUT2D eigenvalue weighted by Crippen LogP contribution is 2.32. The van der Waals surface area contributed by atoms with E-state index >= 15 is 0 Å². The van der Waals surface area contributed by atoms with Crippen molar-refractivity contribution in [2.45, 2.75) is 26.3 Å². The van der Waals surface area contributed by atoms with Gasteiger partial charge in [-0.15, -0.1) is 0 Å². The largest absolute Gasteiger partial charge is 0.348 e. The number of hydrogen-bond donors (Lipinski definition) is 0. The van der Waals surface area contributed by atoms with E-state index in [-0.39, 0.29) is 11.5 Å². The van der Waals surface area contributed by atoms with Crippen LogP contribution in [0.1, 0.15) is 30.1 Å². The van der Waals surface area contributed by atoms with E-state index in [4.69, 9.17) is 0 Å². The standard InChI is InChI=1S/C20H18N2O2/c1-13(23)16-9-10-18-17(11-16)19(15-5-3-2-4-6-15)21-20(24)22(18)12-14-7-8-14/h2-6,9-11,14H,7-8,12H2,1H3. The fourth-order valence-corrected chi connectivity index (χ4v) is 3.05. The fraction of sp³-hybridized carbons (Fsp3) is 0.250. The number of ketones is 1. The zero-order valence-electron chi connectivity index (χ0n) is 13.5. The third-order valence-corrected chi connectivity index (χ3v) is 4.57. The summed E-state index contributed by atoms with van der Waals surface area (Å²) in [5.41, 5.74) is 2.80. The number of benzene rings is 2. The van der Waals surface area contributed by atoms with Gasteiger partial charge in [0.2, 0.25) is 0 Å². The maximum absolute atomic E-state index is 12.6. The topological polar surface area (TPSA) is 52.0 Å². The number of aromatic nitrogens is 2. The second-order valence-corrected chi connectivity index (χ2v) is 6.45. The molecule has 120 valence electrons. The smallest absolute Gasteiger partial charge is 0.295 e. The number of nitrogens with zero attached hydrogens (tertiary/aromatic N) is 2. The SMILES string of the molecule is CC(=O)c1ccc2c(c1)c(-c1ccccc1)nc(=O)n2CC1CC1. The van der Waals surface area contributed by atoms with Crippen molar-refractivity contribution >= 4 is 16.7 Å². The van der Waals surface area contributed by atoms with E-state index in [1.807, 2.05) is 42.5 Å². The maximum Gasteiger partial charge on any atom is 0.348 e. The molecule has 24 heavy (non-hydrogen) atoms. The van der Waals surface area contributed by atoms with Crippen molar-refractivity contribution in [3.05, 3.63) is 64.6 Å². The Labute approximate surface area is 139 Å². The van der Waals surface area contributed by atoms with Crippen molar-refractivity contribution in [3.8, 4) is 11.3 Å². The molecule has 4 heteroatoms. The molecule has 0 bridgehead atoms. The van der Waals surface area contributed by atoms with E-state index < -0.39 is 0 Å². The molecule has 4 nitrogen and oxygen atoms in total. The van der Waals surface area contributed by atoms with Crippen LogP contribution in [0.3, 0.4) is 0 Å². The van der Waals surface area contributed by atoms with Crippen LogP contribution in [0.15, 0.2) is 53.3 Å². The fourth-order valence-electron chi connectivity index (χ4n) is 3.05. The van der Waals surface area contributed by atoms with Crippen LogP contribution in [0.4, 0.5) is 0 Å². The van der Waals surface area contributed by atoms with E-state index in [9.17, 15) is 9.59 Å². The van der Waals surface area contributed by atoms with E-state index in [0.29, 0.717) is 23.7 Å². The summed E-state index contributed by atoms with van der Waals surface area (Å²) in [6.07, 6.45) is 2.33. The second kappa shape index (κ2) is 5.71. The van der Waals surface area contributed by atoms with E-state index in [0.717, 1.165) is 16.5 Å². The highest BCUT2D eigenvalue weighted by Gasteiger charge is 2.24. The molecule has 3 aromatic rings. The molecular formula is C20H18N2O2. The molecule has 0 unspecified atom stereocenters. The number of carbonyl (C=O) groups is 1. The Bertz CT molecular complexity index is 986. The molecule has 0 spiro atoms.